The molecule has 3 nitrogen and oxygen atoms in total. The average Bonchev–Trinajstić information content (AvgIpc) is 2.53. The first-order chi connectivity index (χ1) is 10.6. The van der Waals surface area contributed by atoms with Crippen LogP contribution in [0.3, 0.4) is 0 Å². The summed E-state index contributed by atoms with van der Waals surface area (Å²) in [6, 6.07) is 5.74. The van der Waals surface area contributed by atoms with Gasteiger partial charge in [0.25, 0.3) is 5.91 Å². The van der Waals surface area contributed by atoms with E-state index in [0.29, 0.717) is 12.5 Å². The monoisotopic (exact) mass is 409 g/mol. The molecule has 0 aromatic heterocycles. The summed E-state index contributed by atoms with van der Waals surface area (Å²) in [6.45, 7) is 1.38. The van der Waals surface area contributed by atoms with E-state index in [4.69, 9.17) is 27.9 Å². The highest BCUT2D eigenvalue weighted by atomic mass is 79.9. The molecule has 0 unspecified atom stereocenters. The smallest absolute Gasteiger partial charge is 0.254 e. The quantitative estimate of drug-likeness (QED) is 0.515. The van der Waals surface area contributed by atoms with E-state index in [0.717, 1.165) is 53.9 Å². The Balaban J connectivity index is 0.000000422. The lowest BCUT2D eigenvalue weighted by molar-refractivity contribution is 0.0780. The largest absolute Gasteiger partial charge is 0.494 e. The third-order valence-corrected chi connectivity index (χ3v) is 4.28. The van der Waals surface area contributed by atoms with Crippen LogP contribution in [0.25, 0.3) is 0 Å². The number of benzene rings is 1. The van der Waals surface area contributed by atoms with E-state index in [1.807, 2.05) is 25.2 Å². The number of amides is 1. The molecule has 0 bridgehead atoms. The maximum atomic E-state index is 11.9. The van der Waals surface area contributed by atoms with Crippen LogP contribution in [0.15, 0.2) is 18.2 Å². The Morgan fingerprint density at radius 3 is 2.59 bits per heavy atom. The average molecular weight is 411 g/mol. The van der Waals surface area contributed by atoms with Crippen LogP contribution < -0.4 is 4.74 Å². The van der Waals surface area contributed by atoms with E-state index in [2.05, 4.69) is 15.9 Å². The predicted octanol–water partition coefficient (Wildman–Crippen LogP) is 4.33. The van der Waals surface area contributed by atoms with Crippen LogP contribution >= 0.6 is 39.1 Å². The van der Waals surface area contributed by atoms with Crippen molar-refractivity contribution in [1.29, 1.82) is 0 Å². The van der Waals surface area contributed by atoms with Gasteiger partial charge in [0.2, 0.25) is 0 Å². The van der Waals surface area contributed by atoms with Gasteiger partial charge in [-0.25, -0.2) is 0 Å². The second-order valence-corrected chi connectivity index (χ2v) is 6.47. The highest BCUT2D eigenvalue weighted by molar-refractivity contribution is 9.09. The Morgan fingerprint density at radius 2 is 2.00 bits per heavy atom. The summed E-state index contributed by atoms with van der Waals surface area (Å²) in [4.78, 5) is 13.7. The lowest BCUT2D eigenvalue weighted by Crippen LogP contribution is -2.34. The summed E-state index contributed by atoms with van der Waals surface area (Å²) in [5.41, 5.74) is 1.87. The number of halogens is 3. The van der Waals surface area contributed by atoms with Crippen molar-refractivity contribution in [2.75, 3.05) is 37.3 Å². The number of alkyl halides is 3. The minimum atomic E-state index is 0.0778. The zero-order valence-electron chi connectivity index (χ0n) is 12.8. The number of carbonyl (C=O) groups excluding carboxylic acids is 1. The lowest BCUT2D eigenvalue weighted by Gasteiger charge is -2.25. The molecule has 6 heteroatoms. The molecule has 0 atom stereocenters. The summed E-state index contributed by atoms with van der Waals surface area (Å²) in [5.74, 6) is 2.18. The van der Waals surface area contributed by atoms with Gasteiger partial charge in [-0.3, -0.25) is 4.79 Å². The number of rotatable bonds is 6. The Kier molecular flexibility index (Phi) is 9.92. The molecule has 0 N–H and O–H groups in total. The molecule has 1 amide bonds. The molecule has 124 valence electrons. The molecule has 0 saturated carbocycles. The fourth-order valence-corrected chi connectivity index (χ4v) is 2.80. The Bertz CT molecular complexity index is 469. The number of hydrogen-bond donors (Lipinski definition) is 0. The van der Waals surface area contributed by atoms with E-state index >= 15 is 0 Å². The van der Waals surface area contributed by atoms with E-state index < -0.39 is 0 Å². The van der Waals surface area contributed by atoms with Crippen molar-refractivity contribution < 1.29 is 9.53 Å². The van der Waals surface area contributed by atoms with Crippen molar-refractivity contribution in [3.63, 3.8) is 0 Å². The number of hydrogen-bond acceptors (Lipinski definition) is 2. The molecular weight excluding hydrogens is 389 g/mol. The van der Waals surface area contributed by atoms with Gasteiger partial charge in [0.1, 0.15) is 5.75 Å². The maximum absolute atomic E-state index is 11.9. The van der Waals surface area contributed by atoms with Gasteiger partial charge in [-0.2, -0.15) is 0 Å². The third-order valence-electron chi connectivity index (χ3n) is 3.19. The Labute approximate surface area is 151 Å². The van der Waals surface area contributed by atoms with Gasteiger partial charge < -0.3 is 9.64 Å². The topological polar surface area (TPSA) is 29.5 Å². The second-order valence-electron chi connectivity index (χ2n) is 4.92. The van der Waals surface area contributed by atoms with Crippen LogP contribution in [-0.2, 0) is 6.42 Å². The molecule has 0 saturated heterocycles. The standard InChI is InChI=1S/C13H16ClNO2.C3H6BrCl/c1-15-7-5-10-3-4-11(17-8-2-6-14)9-12(10)13(15)16;4-2-1-3-5/h3-4,9H,2,5-8H2,1H3;1-3H2. The van der Waals surface area contributed by atoms with Crippen LogP contribution in [0.2, 0.25) is 0 Å². The van der Waals surface area contributed by atoms with E-state index in [1.165, 1.54) is 0 Å². The van der Waals surface area contributed by atoms with Gasteiger partial charge in [0.15, 0.2) is 0 Å². The summed E-state index contributed by atoms with van der Waals surface area (Å²) in [6.07, 6.45) is 2.80. The van der Waals surface area contributed by atoms with Crippen LogP contribution in [0.5, 0.6) is 5.75 Å². The summed E-state index contributed by atoms with van der Waals surface area (Å²) in [7, 11) is 1.83. The summed E-state index contributed by atoms with van der Waals surface area (Å²) >= 11 is 14.1. The molecule has 2 rings (SSSR count). The van der Waals surface area contributed by atoms with Gasteiger partial charge in [0, 0.05) is 36.2 Å². The maximum Gasteiger partial charge on any atom is 0.254 e. The van der Waals surface area contributed by atoms with Crippen molar-refractivity contribution in [3.05, 3.63) is 29.3 Å². The van der Waals surface area contributed by atoms with Gasteiger partial charge in [0.05, 0.1) is 6.61 Å². The van der Waals surface area contributed by atoms with Crippen LogP contribution in [0, 0.1) is 0 Å². The van der Waals surface area contributed by atoms with E-state index in [-0.39, 0.29) is 5.91 Å². The number of carbonyl (C=O) groups is 1. The molecule has 22 heavy (non-hydrogen) atoms. The van der Waals surface area contributed by atoms with Gasteiger partial charge >= 0.3 is 0 Å². The zero-order valence-corrected chi connectivity index (χ0v) is 15.9. The van der Waals surface area contributed by atoms with Crippen molar-refractivity contribution in [2.45, 2.75) is 19.3 Å². The minimum absolute atomic E-state index is 0.0778. The lowest BCUT2D eigenvalue weighted by atomic mass is 9.99. The number of likely N-dealkylation sites (N-methyl/N-ethyl adjacent to an activating group) is 1. The minimum Gasteiger partial charge on any atom is -0.494 e. The Hall–Kier alpha value is -0.450. The third kappa shape index (κ3) is 6.35. The molecule has 0 spiro atoms. The first kappa shape index (κ1) is 19.6. The van der Waals surface area contributed by atoms with E-state index in [1.54, 1.807) is 4.90 Å². The van der Waals surface area contributed by atoms with Crippen LogP contribution in [0.4, 0.5) is 0 Å². The molecule has 1 aliphatic rings. The summed E-state index contributed by atoms with van der Waals surface area (Å²) in [5, 5.41) is 1.02. The normalized spacial score (nSPS) is 13.3. The molecule has 0 fully saturated rings. The van der Waals surface area contributed by atoms with E-state index in [9.17, 15) is 4.79 Å². The number of fused-ring (bicyclic) bond motifs is 1. The molecule has 1 aromatic carbocycles. The molecule has 0 radical (unpaired) electrons. The SMILES string of the molecule is CN1CCc2ccc(OCCCCl)cc2C1=O.ClCCCBr. The highest BCUT2D eigenvalue weighted by Crippen LogP contribution is 2.23. The second kappa shape index (κ2) is 11.1. The fourth-order valence-electron chi connectivity index (χ4n) is 1.95. The van der Waals surface area contributed by atoms with Gasteiger partial charge in [-0.05, 0) is 37.0 Å². The van der Waals surface area contributed by atoms with Crippen molar-refractivity contribution in [1.82, 2.24) is 4.90 Å². The predicted molar refractivity (Wildman–Crippen MR) is 97.1 cm³/mol. The molecular formula is C16H22BrCl2NO2. The van der Waals surface area contributed by atoms with Gasteiger partial charge in [-0.15, -0.1) is 23.2 Å². The molecule has 1 aliphatic heterocycles. The Morgan fingerprint density at radius 1 is 1.27 bits per heavy atom. The van der Waals surface area contributed by atoms with Crippen LogP contribution in [0.1, 0.15) is 28.8 Å². The molecule has 0 aliphatic carbocycles. The number of ether oxygens (including phenoxy) is 1. The number of nitrogens with zero attached hydrogens (tertiary/aromatic N) is 1. The zero-order chi connectivity index (χ0) is 16.4. The highest BCUT2D eigenvalue weighted by Gasteiger charge is 2.21. The first-order valence-corrected chi connectivity index (χ1v) is 9.52. The van der Waals surface area contributed by atoms with Crippen LogP contribution in [-0.4, -0.2) is 48.1 Å². The molecule has 1 aromatic rings. The first-order valence-electron chi connectivity index (χ1n) is 7.33. The van der Waals surface area contributed by atoms with Crippen molar-refractivity contribution >= 4 is 45.0 Å². The van der Waals surface area contributed by atoms with Gasteiger partial charge in [-0.1, -0.05) is 22.0 Å². The van der Waals surface area contributed by atoms with Crippen molar-refractivity contribution in [3.8, 4) is 5.75 Å². The fraction of sp³-hybridized carbons (Fsp3) is 0.562. The summed E-state index contributed by atoms with van der Waals surface area (Å²) < 4.78 is 5.54. The molecule has 1 heterocycles. The van der Waals surface area contributed by atoms with Crippen molar-refractivity contribution in [2.24, 2.45) is 0 Å².